The van der Waals surface area contributed by atoms with Crippen LogP contribution in [0.4, 0.5) is 0 Å². The number of carbonyl (C=O) groups is 1. The summed E-state index contributed by atoms with van der Waals surface area (Å²) in [6, 6.07) is 0.666. The van der Waals surface area contributed by atoms with E-state index in [1.54, 1.807) is 11.8 Å². The Labute approximate surface area is 126 Å². The number of likely N-dealkylation sites (tertiary alicyclic amines) is 1. The summed E-state index contributed by atoms with van der Waals surface area (Å²) in [6.45, 7) is 2.95. The van der Waals surface area contributed by atoms with Crippen LogP contribution in [-0.2, 0) is 14.8 Å². The lowest BCUT2D eigenvalue weighted by atomic mass is 10.3. The summed E-state index contributed by atoms with van der Waals surface area (Å²) >= 11 is 3.17. The Morgan fingerprint density at radius 2 is 2.05 bits per heavy atom. The van der Waals surface area contributed by atoms with Crippen molar-refractivity contribution >= 4 is 31.9 Å². The second-order valence-electron chi connectivity index (χ2n) is 4.71. The Morgan fingerprint density at radius 3 is 2.65 bits per heavy atom. The van der Waals surface area contributed by atoms with E-state index in [4.69, 9.17) is 0 Å². The summed E-state index contributed by atoms with van der Waals surface area (Å²) in [5, 5.41) is 0. The number of pyridine rings is 1. The highest BCUT2D eigenvalue weighted by Crippen LogP contribution is 2.15. The highest BCUT2D eigenvalue weighted by Gasteiger charge is 2.27. The molecule has 1 aromatic rings. The van der Waals surface area contributed by atoms with E-state index in [0.717, 1.165) is 12.8 Å². The first-order chi connectivity index (χ1) is 9.40. The standard InChI is InChI=1S/C12H16BrN3O3S/c1-9(12(17)16-4-2-3-5-16)15-20(18,19)11-6-10(13)7-14-8-11/h6-9,15H,2-5H2,1H3. The minimum Gasteiger partial charge on any atom is -0.341 e. The Balaban J connectivity index is 2.09. The van der Waals surface area contributed by atoms with Gasteiger partial charge in [-0.25, -0.2) is 8.42 Å². The normalized spacial score (nSPS) is 17.2. The van der Waals surface area contributed by atoms with E-state index in [2.05, 4.69) is 25.6 Å². The fourth-order valence-corrected chi connectivity index (χ4v) is 3.80. The highest BCUT2D eigenvalue weighted by atomic mass is 79.9. The molecular formula is C12H16BrN3O3S. The minimum atomic E-state index is -3.75. The molecule has 0 saturated carbocycles. The lowest BCUT2D eigenvalue weighted by Crippen LogP contribution is -2.45. The number of nitrogens with zero attached hydrogens (tertiary/aromatic N) is 2. The van der Waals surface area contributed by atoms with Gasteiger partial charge in [0, 0.05) is 30.0 Å². The summed E-state index contributed by atoms with van der Waals surface area (Å²) in [7, 11) is -3.75. The van der Waals surface area contributed by atoms with Crippen molar-refractivity contribution in [2.45, 2.75) is 30.7 Å². The molecular weight excluding hydrogens is 346 g/mol. The molecule has 2 heterocycles. The molecule has 6 nitrogen and oxygen atoms in total. The van der Waals surface area contributed by atoms with E-state index >= 15 is 0 Å². The molecule has 20 heavy (non-hydrogen) atoms. The Bertz CT molecular complexity index is 600. The number of aromatic nitrogens is 1. The van der Waals surface area contributed by atoms with E-state index in [-0.39, 0.29) is 10.8 Å². The molecule has 2 rings (SSSR count). The zero-order valence-corrected chi connectivity index (χ0v) is 13.4. The van der Waals surface area contributed by atoms with Gasteiger partial charge in [-0.15, -0.1) is 0 Å². The molecule has 0 aromatic carbocycles. The third-order valence-corrected chi connectivity index (χ3v) is 5.05. The molecule has 1 aliphatic heterocycles. The monoisotopic (exact) mass is 361 g/mol. The van der Waals surface area contributed by atoms with Gasteiger partial charge in [-0.05, 0) is 41.8 Å². The van der Waals surface area contributed by atoms with Crippen LogP contribution in [0.15, 0.2) is 27.8 Å². The van der Waals surface area contributed by atoms with Crippen LogP contribution in [0.2, 0.25) is 0 Å². The van der Waals surface area contributed by atoms with Crippen LogP contribution in [0.3, 0.4) is 0 Å². The third-order valence-electron chi connectivity index (χ3n) is 3.11. The topological polar surface area (TPSA) is 79.4 Å². The molecule has 1 fully saturated rings. The quantitative estimate of drug-likeness (QED) is 0.871. The summed E-state index contributed by atoms with van der Waals surface area (Å²) in [5.41, 5.74) is 0. The van der Waals surface area contributed by atoms with Crippen LogP contribution in [0.25, 0.3) is 0 Å². The second-order valence-corrected chi connectivity index (χ2v) is 7.34. The summed E-state index contributed by atoms with van der Waals surface area (Å²) in [5.74, 6) is -0.186. The van der Waals surface area contributed by atoms with Gasteiger partial charge >= 0.3 is 0 Å². The van der Waals surface area contributed by atoms with Gasteiger partial charge in [0.15, 0.2) is 0 Å². The average molecular weight is 362 g/mol. The maximum absolute atomic E-state index is 12.2. The molecule has 1 atom stereocenters. The van der Waals surface area contributed by atoms with Gasteiger partial charge in [-0.3, -0.25) is 9.78 Å². The molecule has 0 bridgehead atoms. The van der Waals surface area contributed by atoms with Crippen molar-refractivity contribution in [3.05, 3.63) is 22.9 Å². The van der Waals surface area contributed by atoms with Gasteiger partial charge in [0.05, 0.1) is 6.04 Å². The second kappa shape index (κ2) is 6.19. The van der Waals surface area contributed by atoms with Crippen LogP contribution in [0.5, 0.6) is 0 Å². The Hall–Kier alpha value is -0.990. The summed E-state index contributed by atoms with van der Waals surface area (Å²) < 4.78 is 27.3. The fraction of sp³-hybridized carbons (Fsp3) is 0.500. The molecule has 1 unspecified atom stereocenters. The molecule has 0 radical (unpaired) electrons. The number of hydrogen-bond donors (Lipinski definition) is 1. The lowest BCUT2D eigenvalue weighted by Gasteiger charge is -2.21. The SMILES string of the molecule is CC(NS(=O)(=O)c1cncc(Br)c1)C(=O)N1CCCC1. The van der Waals surface area contributed by atoms with Crippen molar-refractivity contribution in [3.63, 3.8) is 0 Å². The van der Waals surface area contributed by atoms with Crippen LogP contribution in [0.1, 0.15) is 19.8 Å². The first-order valence-electron chi connectivity index (χ1n) is 6.32. The predicted molar refractivity (Wildman–Crippen MR) is 77.5 cm³/mol. The number of halogens is 1. The maximum atomic E-state index is 12.2. The zero-order chi connectivity index (χ0) is 14.8. The van der Waals surface area contributed by atoms with E-state index in [9.17, 15) is 13.2 Å². The number of rotatable bonds is 4. The van der Waals surface area contributed by atoms with Crippen molar-refractivity contribution in [1.29, 1.82) is 0 Å². The van der Waals surface area contributed by atoms with E-state index in [1.807, 2.05) is 0 Å². The van der Waals surface area contributed by atoms with Crippen molar-refractivity contribution in [2.75, 3.05) is 13.1 Å². The van der Waals surface area contributed by atoms with E-state index in [1.165, 1.54) is 18.5 Å². The Morgan fingerprint density at radius 1 is 1.40 bits per heavy atom. The van der Waals surface area contributed by atoms with Crippen molar-refractivity contribution in [1.82, 2.24) is 14.6 Å². The number of nitrogens with one attached hydrogen (secondary N) is 1. The summed E-state index contributed by atoms with van der Waals surface area (Å²) in [6.07, 6.45) is 4.69. The number of sulfonamides is 1. The van der Waals surface area contributed by atoms with Gasteiger partial charge in [0.1, 0.15) is 4.90 Å². The van der Waals surface area contributed by atoms with E-state index < -0.39 is 16.1 Å². The number of amides is 1. The number of hydrogen-bond acceptors (Lipinski definition) is 4. The zero-order valence-electron chi connectivity index (χ0n) is 11.0. The highest BCUT2D eigenvalue weighted by molar-refractivity contribution is 9.10. The third kappa shape index (κ3) is 3.56. The van der Waals surface area contributed by atoms with Gasteiger partial charge in [-0.2, -0.15) is 4.72 Å². The van der Waals surface area contributed by atoms with Crippen LogP contribution in [0, 0.1) is 0 Å². The predicted octanol–water partition coefficient (Wildman–Crippen LogP) is 1.13. The molecule has 1 saturated heterocycles. The average Bonchev–Trinajstić information content (AvgIpc) is 2.91. The minimum absolute atomic E-state index is 0.0351. The van der Waals surface area contributed by atoms with Gasteiger partial charge < -0.3 is 4.90 Å². The molecule has 1 N–H and O–H groups in total. The maximum Gasteiger partial charge on any atom is 0.242 e. The fourth-order valence-electron chi connectivity index (χ4n) is 2.10. The van der Waals surface area contributed by atoms with Crippen LogP contribution >= 0.6 is 15.9 Å². The van der Waals surface area contributed by atoms with Crippen LogP contribution in [-0.4, -0.2) is 43.3 Å². The Kier molecular flexibility index (Phi) is 4.77. The van der Waals surface area contributed by atoms with E-state index in [0.29, 0.717) is 17.6 Å². The van der Waals surface area contributed by atoms with Crippen LogP contribution < -0.4 is 4.72 Å². The summed E-state index contributed by atoms with van der Waals surface area (Å²) in [4.78, 5) is 17.6. The molecule has 1 aromatic heterocycles. The number of carbonyl (C=O) groups excluding carboxylic acids is 1. The van der Waals surface area contributed by atoms with Crippen molar-refractivity contribution in [2.24, 2.45) is 0 Å². The van der Waals surface area contributed by atoms with Gasteiger partial charge in [0.2, 0.25) is 15.9 Å². The van der Waals surface area contributed by atoms with Crippen molar-refractivity contribution < 1.29 is 13.2 Å². The molecule has 0 spiro atoms. The van der Waals surface area contributed by atoms with Crippen molar-refractivity contribution in [3.8, 4) is 0 Å². The largest absolute Gasteiger partial charge is 0.341 e. The first-order valence-corrected chi connectivity index (χ1v) is 8.59. The molecule has 8 heteroatoms. The smallest absolute Gasteiger partial charge is 0.242 e. The van der Waals surface area contributed by atoms with Gasteiger partial charge in [0.25, 0.3) is 0 Å². The lowest BCUT2D eigenvalue weighted by molar-refractivity contribution is -0.131. The molecule has 110 valence electrons. The first kappa shape index (κ1) is 15.4. The molecule has 0 aliphatic carbocycles. The van der Waals surface area contributed by atoms with Gasteiger partial charge in [-0.1, -0.05) is 0 Å². The molecule has 1 aliphatic rings. The molecule has 1 amide bonds.